The zero-order chi connectivity index (χ0) is 7.72. The molecule has 0 aliphatic carbocycles. The molecule has 0 bridgehead atoms. The van der Waals surface area contributed by atoms with Gasteiger partial charge in [0.1, 0.15) is 0 Å². The molecule has 1 heterocycles. The Hall–Kier alpha value is -0.0800. The molecule has 0 radical (unpaired) electrons. The number of hydrogen-bond donors (Lipinski definition) is 1. The first-order valence-corrected chi connectivity index (χ1v) is 3.94. The van der Waals surface area contributed by atoms with Gasteiger partial charge in [-0.2, -0.15) is 0 Å². The van der Waals surface area contributed by atoms with Gasteiger partial charge in [0.15, 0.2) is 0 Å². The fourth-order valence-corrected chi connectivity index (χ4v) is 1.28. The Morgan fingerprint density at radius 1 is 1.50 bits per heavy atom. The monoisotopic (exact) mass is 144 g/mol. The Labute approximate surface area is 62.2 Å². The fourth-order valence-electron chi connectivity index (χ4n) is 1.28. The summed E-state index contributed by atoms with van der Waals surface area (Å²) in [6.45, 7) is 6.16. The van der Waals surface area contributed by atoms with E-state index < -0.39 is 0 Å². The van der Waals surface area contributed by atoms with Crippen LogP contribution >= 0.6 is 0 Å². The number of aliphatic hydroxyl groups is 1. The molecule has 1 rings (SSSR count). The summed E-state index contributed by atoms with van der Waals surface area (Å²) in [5.41, 5.74) is 0. The number of ether oxygens (including phenoxy) is 1. The average Bonchev–Trinajstić information content (AvgIpc) is 2.13. The Bertz CT molecular complexity index is 102. The minimum Gasteiger partial charge on any atom is -0.390 e. The molecule has 0 aromatic rings. The summed E-state index contributed by atoms with van der Waals surface area (Å²) in [7, 11) is 0. The molecule has 1 fully saturated rings. The topological polar surface area (TPSA) is 29.5 Å². The van der Waals surface area contributed by atoms with Crippen molar-refractivity contribution in [3.63, 3.8) is 0 Å². The van der Waals surface area contributed by atoms with E-state index in [1.165, 1.54) is 0 Å². The van der Waals surface area contributed by atoms with Crippen LogP contribution in [-0.2, 0) is 4.74 Å². The molecule has 1 N–H and O–H groups in total. The van der Waals surface area contributed by atoms with Crippen molar-refractivity contribution >= 4 is 0 Å². The summed E-state index contributed by atoms with van der Waals surface area (Å²) in [5.74, 6) is 0.527. The third kappa shape index (κ3) is 1.50. The maximum atomic E-state index is 9.29. The molecular weight excluding hydrogens is 128 g/mol. The van der Waals surface area contributed by atoms with Crippen molar-refractivity contribution in [2.45, 2.75) is 45.5 Å². The molecule has 1 aliphatic rings. The molecule has 3 unspecified atom stereocenters. The van der Waals surface area contributed by atoms with Crippen LogP contribution in [0.25, 0.3) is 0 Å². The molecular formula is C8H16O2. The van der Waals surface area contributed by atoms with E-state index in [-0.39, 0.29) is 18.3 Å². The van der Waals surface area contributed by atoms with Crippen LogP contribution in [0.5, 0.6) is 0 Å². The molecule has 60 valence electrons. The molecule has 2 heteroatoms. The van der Waals surface area contributed by atoms with Crippen molar-refractivity contribution in [2.75, 3.05) is 0 Å². The van der Waals surface area contributed by atoms with E-state index in [1.807, 2.05) is 6.92 Å². The highest BCUT2D eigenvalue weighted by Gasteiger charge is 2.31. The van der Waals surface area contributed by atoms with Gasteiger partial charge in [0.05, 0.1) is 18.3 Å². The second-order valence-electron chi connectivity index (χ2n) is 3.43. The van der Waals surface area contributed by atoms with Crippen molar-refractivity contribution in [1.82, 2.24) is 0 Å². The molecule has 3 atom stereocenters. The highest BCUT2D eigenvalue weighted by molar-refractivity contribution is 4.80. The van der Waals surface area contributed by atoms with Crippen LogP contribution in [0.2, 0.25) is 0 Å². The Kier molecular flexibility index (Phi) is 2.32. The first-order chi connectivity index (χ1) is 4.61. The molecule has 10 heavy (non-hydrogen) atoms. The van der Waals surface area contributed by atoms with Crippen LogP contribution in [0, 0.1) is 5.92 Å². The largest absolute Gasteiger partial charge is 0.390 e. The highest BCUT2D eigenvalue weighted by Crippen LogP contribution is 2.24. The van der Waals surface area contributed by atoms with E-state index >= 15 is 0 Å². The first-order valence-electron chi connectivity index (χ1n) is 3.94. The normalized spacial score (nSPS) is 41.1. The maximum Gasteiger partial charge on any atom is 0.0824 e. The second-order valence-corrected chi connectivity index (χ2v) is 3.43. The Morgan fingerprint density at radius 2 is 2.10 bits per heavy atom. The van der Waals surface area contributed by atoms with Gasteiger partial charge in [-0.3, -0.25) is 0 Å². The lowest BCUT2D eigenvalue weighted by atomic mass is 10.0. The summed E-state index contributed by atoms with van der Waals surface area (Å²) in [4.78, 5) is 0. The summed E-state index contributed by atoms with van der Waals surface area (Å²) in [6.07, 6.45) is 0.864. The van der Waals surface area contributed by atoms with Crippen LogP contribution in [0.4, 0.5) is 0 Å². The Balaban J connectivity index is 2.41. The van der Waals surface area contributed by atoms with E-state index in [9.17, 15) is 5.11 Å². The molecule has 0 aromatic heterocycles. The van der Waals surface area contributed by atoms with Gasteiger partial charge >= 0.3 is 0 Å². The van der Waals surface area contributed by atoms with Gasteiger partial charge in [-0.15, -0.1) is 0 Å². The molecule has 1 saturated heterocycles. The SMILES string of the molecule is CC(C)C1CC(O)C(C)O1. The lowest BCUT2D eigenvalue weighted by Gasteiger charge is -2.13. The van der Waals surface area contributed by atoms with Crippen LogP contribution < -0.4 is 0 Å². The van der Waals surface area contributed by atoms with E-state index in [1.54, 1.807) is 0 Å². The summed E-state index contributed by atoms with van der Waals surface area (Å²) in [6, 6.07) is 0. The predicted octanol–water partition coefficient (Wildman–Crippen LogP) is 1.18. The number of hydrogen-bond acceptors (Lipinski definition) is 2. The van der Waals surface area contributed by atoms with Crippen LogP contribution in [0.3, 0.4) is 0 Å². The minimum absolute atomic E-state index is 0.0346. The van der Waals surface area contributed by atoms with Gasteiger partial charge in [0.25, 0.3) is 0 Å². The standard InChI is InChI=1S/C8H16O2/c1-5(2)8-4-7(9)6(3)10-8/h5-9H,4H2,1-3H3. The predicted molar refractivity (Wildman–Crippen MR) is 39.8 cm³/mol. The number of rotatable bonds is 1. The van der Waals surface area contributed by atoms with Crippen LogP contribution in [0.15, 0.2) is 0 Å². The van der Waals surface area contributed by atoms with Crippen molar-refractivity contribution in [3.05, 3.63) is 0 Å². The molecule has 2 nitrogen and oxygen atoms in total. The average molecular weight is 144 g/mol. The van der Waals surface area contributed by atoms with E-state index in [4.69, 9.17) is 4.74 Å². The third-order valence-electron chi connectivity index (χ3n) is 2.15. The molecule has 0 amide bonds. The first kappa shape index (κ1) is 8.02. The quantitative estimate of drug-likeness (QED) is 0.599. The zero-order valence-corrected chi connectivity index (χ0v) is 6.87. The smallest absolute Gasteiger partial charge is 0.0824 e. The summed E-state index contributed by atoms with van der Waals surface area (Å²) < 4.78 is 5.48. The fraction of sp³-hybridized carbons (Fsp3) is 1.00. The molecule has 0 saturated carbocycles. The highest BCUT2D eigenvalue weighted by atomic mass is 16.5. The van der Waals surface area contributed by atoms with Gasteiger partial charge < -0.3 is 9.84 Å². The Morgan fingerprint density at radius 3 is 2.30 bits per heavy atom. The van der Waals surface area contributed by atoms with Gasteiger partial charge in [0, 0.05) is 6.42 Å². The van der Waals surface area contributed by atoms with Crippen molar-refractivity contribution < 1.29 is 9.84 Å². The van der Waals surface area contributed by atoms with Gasteiger partial charge in [-0.05, 0) is 12.8 Å². The summed E-state index contributed by atoms with van der Waals surface area (Å²) in [5, 5.41) is 9.29. The maximum absolute atomic E-state index is 9.29. The van der Waals surface area contributed by atoms with Crippen molar-refractivity contribution in [3.8, 4) is 0 Å². The molecule has 0 aromatic carbocycles. The number of aliphatic hydroxyl groups excluding tert-OH is 1. The third-order valence-corrected chi connectivity index (χ3v) is 2.15. The van der Waals surface area contributed by atoms with Gasteiger partial charge in [0.2, 0.25) is 0 Å². The lowest BCUT2D eigenvalue weighted by molar-refractivity contribution is 0.00550. The van der Waals surface area contributed by atoms with E-state index in [2.05, 4.69) is 13.8 Å². The van der Waals surface area contributed by atoms with Gasteiger partial charge in [-0.1, -0.05) is 13.8 Å². The molecule has 1 aliphatic heterocycles. The van der Waals surface area contributed by atoms with Gasteiger partial charge in [-0.25, -0.2) is 0 Å². The van der Waals surface area contributed by atoms with Crippen LogP contribution in [0.1, 0.15) is 27.2 Å². The van der Waals surface area contributed by atoms with Crippen molar-refractivity contribution in [2.24, 2.45) is 5.92 Å². The van der Waals surface area contributed by atoms with Crippen LogP contribution in [-0.4, -0.2) is 23.4 Å². The van der Waals surface area contributed by atoms with E-state index in [0.717, 1.165) is 6.42 Å². The lowest BCUT2D eigenvalue weighted by Crippen LogP contribution is -2.16. The second kappa shape index (κ2) is 2.89. The van der Waals surface area contributed by atoms with E-state index in [0.29, 0.717) is 5.92 Å². The summed E-state index contributed by atoms with van der Waals surface area (Å²) >= 11 is 0. The van der Waals surface area contributed by atoms with Crippen molar-refractivity contribution in [1.29, 1.82) is 0 Å². The molecule has 0 spiro atoms. The minimum atomic E-state index is -0.243. The zero-order valence-electron chi connectivity index (χ0n) is 6.87.